The Labute approximate surface area is 94.0 Å². The Hall–Kier alpha value is -0.120. The van der Waals surface area contributed by atoms with Crippen LogP contribution in [0.5, 0.6) is 0 Å². The van der Waals surface area contributed by atoms with E-state index in [2.05, 4.69) is 24.5 Å². The Kier molecular flexibility index (Phi) is 6.98. The highest BCUT2D eigenvalue weighted by Crippen LogP contribution is 2.28. The SMILES string of the molecule is CC(C)NCCCNCCOCC1CC1. The third-order valence-corrected chi connectivity index (χ3v) is 2.56. The fraction of sp³-hybridized carbons (Fsp3) is 1.00. The van der Waals surface area contributed by atoms with Gasteiger partial charge < -0.3 is 15.4 Å². The van der Waals surface area contributed by atoms with E-state index < -0.39 is 0 Å². The molecule has 1 aliphatic carbocycles. The summed E-state index contributed by atoms with van der Waals surface area (Å²) in [4.78, 5) is 0. The molecule has 0 saturated heterocycles. The monoisotopic (exact) mass is 214 g/mol. The minimum atomic E-state index is 0.604. The van der Waals surface area contributed by atoms with Gasteiger partial charge in [0.25, 0.3) is 0 Å². The first kappa shape index (κ1) is 12.9. The van der Waals surface area contributed by atoms with Crippen LogP contribution in [0.1, 0.15) is 33.1 Å². The van der Waals surface area contributed by atoms with E-state index in [1.165, 1.54) is 19.3 Å². The van der Waals surface area contributed by atoms with E-state index in [0.717, 1.165) is 38.8 Å². The van der Waals surface area contributed by atoms with Crippen LogP contribution in [-0.2, 0) is 4.74 Å². The van der Waals surface area contributed by atoms with Crippen molar-refractivity contribution in [3.05, 3.63) is 0 Å². The molecule has 0 bridgehead atoms. The highest BCUT2D eigenvalue weighted by Gasteiger charge is 2.20. The molecule has 0 radical (unpaired) electrons. The lowest BCUT2D eigenvalue weighted by Crippen LogP contribution is -2.28. The molecule has 3 heteroatoms. The molecule has 0 aromatic heterocycles. The van der Waals surface area contributed by atoms with E-state index in [9.17, 15) is 0 Å². The molecule has 0 aromatic rings. The molecule has 1 aliphatic rings. The third-order valence-electron chi connectivity index (χ3n) is 2.56. The molecule has 0 heterocycles. The van der Waals surface area contributed by atoms with Crippen molar-refractivity contribution in [3.63, 3.8) is 0 Å². The van der Waals surface area contributed by atoms with Gasteiger partial charge in [0, 0.05) is 19.2 Å². The van der Waals surface area contributed by atoms with Gasteiger partial charge in [-0.2, -0.15) is 0 Å². The maximum absolute atomic E-state index is 5.52. The summed E-state index contributed by atoms with van der Waals surface area (Å²) in [6.45, 7) is 9.40. The minimum Gasteiger partial charge on any atom is -0.380 e. The summed E-state index contributed by atoms with van der Waals surface area (Å²) in [7, 11) is 0. The molecule has 15 heavy (non-hydrogen) atoms. The lowest BCUT2D eigenvalue weighted by molar-refractivity contribution is 0.126. The molecule has 3 nitrogen and oxygen atoms in total. The van der Waals surface area contributed by atoms with Gasteiger partial charge in [-0.3, -0.25) is 0 Å². The Bertz CT molecular complexity index is 139. The van der Waals surface area contributed by atoms with Crippen molar-refractivity contribution in [1.82, 2.24) is 10.6 Å². The first-order valence-corrected chi connectivity index (χ1v) is 6.31. The molecule has 0 atom stereocenters. The van der Waals surface area contributed by atoms with Gasteiger partial charge in [0.2, 0.25) is 0 Å². The average Bonchev–Trinajstić information content (AvgIpc) is 2.98. The molecule has 2 N–H and O–H groups in total. The number of ether oxygens (including phenoxy) is 1. The van der Waals surface area contributed by atoms with Crippen molar-refractivity contribution < 1.29 is 4.74 Å². The third kappa shape index (κ3) is 8.85. The van der Waals surface area contributed by atoms with Crippen molar-refractivity contribution in [2.75, 3.05) is 32.8 Å². The fourth-order valence-corrected chi connectivity index (χ4v) is 1.41. The normalized spacial score (nSPS) is 16.2. The number of rotatable bonds is 10. The van der Waals surface area contributed by atoms with Crippen molar-refractivity contribution in [2.45, 2.75) is 39.2 Å². The smallest absolute Gasteiger partial charge is 0.0591 e. The maximum Gasteiger partial charge on any atom is 0.0591 e. The van der Waals surface area contributed by atoms with Crippen molar-refractivity contribution in [3.8, 4) is 0 Å². The van der Waals surface area contributed by atoms with Crippen LogP contribution in [0.25, 0.3) is 0 Å². The lowest BCUT2D eigenvalue weighted by Gasteiger charge is -2.08. The number of hydrogen-bond donors (Lipinski definition) is 2. The Morgan fingerprint density at radius 2 is 2.00 bits per heavy atom. The summed E-state index contributed by atoms with van der Waals surface area (Å²) >= 11 is 0. The molecular formula is C12H26N2O. The van der Waals surface area contributed by atoms with E-state index in [1.54, 1.807) is 0 Å². The van der Waals surface area contributed by atoms with Crippen molar-refractivity contribution in [1.29, 1.82) is 0 Å². The highest BCUT2D eigenvalue weighted by molar-refractivity contribution is 4.71. The molecule has 0 aliphatic heterocycles. The maximum atomic E-state index is 5.52. The minimum absolute atomic E-state index is 0.604. The second-order valence-electron chi connectivity index (χ2n) is 4.73. The van der Waals surface area contributed by atoms with Crippen LogP contribution in [0.15, 0.2) is 0 Å². The molecule has 0 unspecified atom stereocenters. The average molecular weight is 214 g/mol. The van der Waals surface area contributed by atoms with Crippen LogP contribution in [0, 0.1) is 5.92 Å². The first-order valence-electron chi connectivity index (χ1n) is 6.31. The largest absolute Gasteiger partial charge is 0.380 e. The van der Waals surface area contributed by atoms with E-state index in [0.29, 0.717) is 6.04 Å². The molecular weight excluding hydrogens is 188 g/mol. The fourth-order valence-electron chi connectivity index (χ4n) is 1.41. The molecule has 1 fully saturated rings. The second-order valence-corrected chi connectivity index (χ2v) is 4.73. The first-order chi connectivity index (χ1) is 7.29. The summed E-state index contributed by atoms with van der Waals surface area (Å²) in [5.74, 6) is 0.889. The standard InChI is InChI=1S/C12H26N2O/c1-11(2)14-7-3-6-13-8-9-15-10-12-4-5-12/h11-14H,3-10H2,1-2H3. The molecule has 0 amide bonds. The van der Waals surface area contributed by atoms with E-state index in [1.807, 2.05) is 0 Å². The van der Waals surface area contributed by atoms with Crippen LogP contribution in [0.3, 0.4) is 0 Å². The number of hydrogen-bond acceptors (Lipinski definition) is 3. The van der Waals surface area contributed by atoms with Crippen molar-refractivity contribution in [2.24, 2.45) is 5.92 Å². The van der Waals surface area contributed by atoms with Gasteiger partial charge in [-0.25, -0.2) is 0 Å². The van der Waals surface area contributed by atoms with Crippen LogP contribution in [-0.4, -0.2) is 38.9 Å². The summed E-state index contributed by atoms with van der Waals surface area (Å²) in [6.07, 6.45) is 3.96. The van der Waals surface area contributed by atoms with Gasteiger partial charge in [-0.15, -0.1) is 0 Å². The Morgan fingerprint density at radius 1 is 1.20 bits per heavy atom. The van der Waals surface area contributed by atoms with Crippen LogP contribution in [0.2, 0.25) is 0 Å². The molecule has 1 rings (SSSR count). The quantitative estimate of drug-likeness (QED) is 0.539. The summed E-state index contributed by atoms with van der Waals surface area (Å²) in [5.41, 5.74) is 0. The van der Waals surface area contributed by atoms with E-state index in [-0.39, 0.29) is 0 Å². The van der Waals surface area contributed by atoms with Crippen LogP contribution >= 0.6 is 0 Å². The summed E-state index contributed by atoms with van der Waals surface area (Å²) < 4.78 is 5.52. The zero-order valence-electron chi connectivity index (χ0n) is 10.2. The molecule has 90 valence electrons. The summed E-state index contributed by atoms with van der Waals surface area (Å²) in [5, 5.41) is 6.79. The zero-order valence-corrected chi connectivity index (χ0v) is 10.2. The van der Waals surface area contributed by atoms with E-state index >= 15 is 0 Å². The van der Waals surface area contributed by atoms with Crippen LogP contribution < -0.4 is 10.6 Å². The zero-order chi connectivity index (χ0) is 10.9. The molecule has 1 saturated carbocycles. The molecule has 0 spiro atoms. The van der Waals surface area contributed by atoms with E-state index in [4.69, 9.17) is 4.74 Å². The van der Waals surface area contributed by atoms with Gasteiger partial charge in [-0.05, 0) is 38.3 Å². The second kappa shape index (κ2) is 8.08. The Morgan fingerprint density at radius 3 is 2.67 bits per heavy atom. The number of nitrogens with one attached hydrogen (secondary N) is 2. The van der Waals surface area contributed by atoms with Crippen molar-refractivity contribution >= 4 is 0 Å². The summed E-state index contributed by atoms with van der Waals surface area (Å²) in [6, 6.07) is 0.604. The Balaban J connectivity index is 1.65. The predicted molar refractivity (Wildman–Crippen MR) is 64.2 cm³/mol. The van der Waals surface area contributed by atoms with Gasteiger partial charge in [-0.1, -0.05) is 13.8 Å². The molecule has 0 aromatic carbocycles. The topological polar surface area (TPSA) is 33.3 Å². The van der Waals surface area contributed by atoms with Gasteiger partial charge in [0.1, 0.15) is 0 Å². The van der Waals surface area contributed by atoms with Crippen LogP contribution in [0.4, 0.5) is 0 Å². The van der Waals surface area contributed by atoms with Gasteiger partial charge in [0.15, 0.2) is 0 Å². The lowest BCUT2D eigenvalue weighted by atomic mass is 10.3. The highest BCUT2D eigenvalue weighted by atomic mass is 16.5. The van der Waals surface area contributed by atoms with Gasteiger partial charge in [0.05, 0.1) is 6.61 Å². The van der Waals surface area contributed by atoms with Gasteiger partial charge >= 0.3 is 0 Å². The predicted octanol–water partition coefficient (Wildman–Crippen LogP) is 1.39.